The second kappa shape index (κ2) is 15.6. The number of nitrogens with one attached hydrogen (secondary N) is 1. The number of halogens is 3. The van der Waals surface area contributed by atoms with Crippen LogP contribution >= 0.6 is 34.8 Å². The first kappa shape index (κ1) is 33.7. The molecule has 0 heterocycles. The van der Waals surface area contributed by atoms with E-state index in [9.17, 15) is 18.0 Å². The first-order valence-electron chi connectivity index (χ1n) is 13.6. The van der Waals surface area contributed by atoms with E-state index in [2.05, 4.69) is 5.32 Å². The molecule has 0 aromatic heterocycles. The number of carbonyl (C=O) groups excluding carboxylic acids is 2. The van der Waals surface area contributed by atoms with Crippen molar-refractivity contribution in [3.8, 4) is 0 Å². The molecule has 3 aromatic carbocycles. The Morgan fingerprint density at radius 3 is 2.14 bits per heavy atom. The minimum Gasteiger partial charge on any atom is -0.354 e. The molecule has 3 rings (SSSR count). The van der Waals surface area contributed by atoms with Crippen LogP contribution in [-0.2, 0) is 32.6 Å². The molecule has 0 aliphatic rings. The predicted octanol–water partition coefficient (Wildman–Crippen LogP) is 6.61. The van der Waals surface area contributed by atoms with Crippen molar-refractivity contribution >= 4 is 62.3 Å². The predicted molar refractivity (Wildman–Crippen MR) is 172 cm³/mol. The molecule has 11 heteroatoms. The molecule has 3 aromatic rings. The van der Waals surface area contributed by atoms with Gasteiger partial charge >= 0.3 is 0 Å². The van der Waals surface area contributed by atoms with Gasteiger partial charge in [-0.1, -0.05) is 85.0 Å². The van der Waals surface area contributed by atoms with Gasteiger partial charge in [-0.05, 0) is 59.9 Å². The van der Waals surface area contributed by atoms with Crippen LogP contribution in [0.3, 0.4) is 0 Å². The third kappa shape index (κ3) is 10.2. The SMILES string of the molecule is CC(C)CNC(=O)C(Cc1ccccc1)N(Cc1ccc(Cl)c(Cl)c1)C(=O)CCCN(c1ccc(Cl)cc1)S(C)(=O)=O. The quantitative estimate of drug-likeness (QED) is 0.213. The highest BCUT2D eigenvalue weighted by Crippen LogP contribution is 2.25. The summed E-state index contributed by atoms with van der Waals surface area (Å²) in [5, 5.41) is 4.20. The van der Waals surface area contributed by atoms with Crippen LogP contribution < -0.4 is 9.62 Å². The van der Waals surface area contributed by atoms with Crippen molar-refractivity contribution in [2.24, 2.45) is 5.92 Å². The summed E-state index contributed by atoms with van der Waals surface area (Å²) in [7, 11) is -3.62. The Labute approximate surface area is 263 Å². The number of nitrogens with zero attached hydrogens (tertiary/aromatic N) is 2. The van der Waals surface area contributed by atoms with Gasteiger partial charge in [-0.15, -0.1) is 0 Å². The normalized spacial score (nSPS) is 12.2. The highest BCUT2D eigenvalue weighted by molar-refractivity contribution is 7.92. The lowest BCUT2D eigenvalue weighted by Crippen LogP contribution is -2.51. The fraction of sp³-hybridized carbons (Fsp3) is 0.355. The van der Waals surface area contributed by atoms with Crippen LogP contribution in [-0.4, -0.2) is 50.5 Å². The smallest absolute Gasteiger partial charge is 0.243 e. The average Bonchev–Trinajstić information content (AvgIpc) is 2.94. The molecule has 226 valence electrons. The van der Waals surface area contributed by atoms with Gasteiger partial charge in [0.2, 0.25) is 21.8 Å². The molecule has 42 heavy (non-hydrogen) atoms. The largest absolute Gasteiger partial charge is 0.354 e. The molecule has 7 nitrogen and oxygen atoms in total. The van der Waals surface area contributed by atoms with E-state index in [4.69, 9.17) is 34.8 Å². The van der Waals surface area contributed by atoms with Gasteiger partial charge in [0.15, 0.2) is 0 Å². The Morgan fingerprint density at radius 1 is 0.881 bits per heavy atom. The van der Waals surface area contributed by atoms with E-state index < -0.39 is 16.1 Å². The average molecular weight is 653 g/mol. The zero-order valence-electron chi connectivity index (χ0n) is 23.9. The monoisotopic (exact) mass is 651 g/mol. The van der Waals surface area contributed by atoms with Crippen LogP contribution in [0.4, 0.5) is 5.69 Å². The van der Waals surface area contributed by atoms with Crippen LogP contribution in [0.1, 0.15) is 37.8 Å². The molecular weight excluding hydrogens is 617 g/mol. The van der Waals surface area contributed by atoms with Gasteiger partial charge < -0.3 is 10.2 Å². The lowest BCUT2D eigenvalue weighted by molar-refractivity contribution is -0.141. The Hall–Kier alpha value is -2.78. The van der Waals surface area contributed by atoms with E-state index in [1.54, 1.807) is 47.4 Å². The third-order valence-corrected chi connectivity index (χ3v) is 8.74. The summed E-state index contributed by atoms with van der Waals surface area (Å²) in [4.78, 5) is 29.0. The first-order chi connectivity index (χ1) is 19.8. The van der Waals surface area contributed by atoms with E-state index in [0.29, 0.717) is 39.3 Å². The van der Waals surface area contributed by atoms with Crippen molar-refractivity contribution in [2.75, 3.05) is 23.7 Å². The fourth-order valence-corrected chi connectivity index (χ4v) is 5.83. The van der Waals surface area contributed by atoms with Gasteiger partial charge in [0, 0.05) is 37.5 Å². The summed E-state index contributed by atoms with van der Waals surface area (Å²) in [5.74, 6) is -0.327. The molecule has 1 unspecified atom stereocenters. The lowest BCUT2D eigenvalue weighted by Gasteiger charge is -2.32. The topological polar surface area (TPSA) is 86.8 Å². The Bertz CT molecular complexity index is 1450. The second-order valence-corrected chi connectivity index (χ2v) is 13.7. The molecule has 1 N–H and O–H groups in total. The molecule has 0 spiro atoms. The van der Waals surface area contributed by atoms with Crippen molar-refractivity contribution in [1.82, 2.24) is 10.2 Å². The van der Waals surface area contributed by atoms with Gasteiger partial charge in [0.05, 0.1) is 22.0 Å². The second-order valence-electron chi connectivity index (χ2n) is 10.5. The number of anilines is 1. The van der Waals surface area contributed by atoms with Gasteiger partial charge in [-0.25, -0.2) is 8.42 Å². The van der Waals surface area contributed by atoms with Gasteiger partial charge in [-0.2, -0.15) is 0 Å². The van der Waals surface area contributed by atoms with Gasteiger partial charge in [0.25, 0.3) is 0 Å². The summed E-state index contributed by atoms with van der Waals surface area (Å²) >= 11 is 18.4. The maximum absolute atomic E-state index is 13.9. The molecular formula is C31H36Cl3N3O4S. The van der Waals surface area contributed by atoms with E-state index in [-0.39, 0.29) is 43.7 Å². The zero-order chi connectivity index (χ0) is 30.9. The Morgan fingerprint density at radius 2 is 1.55 bits per heavy atom. The number of amides is 2. The molecule has 0 bridgehead atoms. The molecule has 0 saturated heterocycles. The number of hydrogen-bond acceptors (Lipinski definition) is 4. The minimum atomic E-state index is -3.62. The van der Waals surface area contributed by atoms with Crippen molar-refractivity contribution < 1.29 is 18.0 Å². The van der Waals surface area contributed by atoms with Gasteiger partial charge in [-0.3, -0.25) is 13.9 Å². The molecule has 0 aliphatic carbocycles. The van der Waals surface area contributed by atoms with E-state index in [1.165, 1.54) is 4.31 Å². The lowest BCUT2D eigenvalue weighted by atomic mass is 10.0. The molecule has 0 aliphatic heterocycles. The highest BCUT2D eigenvalue weighted by atomic mass is 35.5. The number of benzene rings is 3. The van der Waals surface area contributed by atoms with Crippen molar-refractivity contribution in [3.63, 3.8) is 0 Å². The number of sulfonamides is 1. The summed E-state index contributed by atoms with van der Waals surface area (Å²) in [5.41, 5.74) is 2.07. The maximum Gasteiger partial charge on any atom is 0.243 e. The van der Waals surface area contributed by atoms with Crippen LogP contribution in [0.5, 0.6) is 0 Å². The Kier molecular flexibility index (Phi) is 12.5. The molecule has 0 fully saturated rings. The highest BCUT2D eigenvalue weighted by Gasteiger charge is 2.30. The van der Waals surface area contributed by atoms with E-state index >= 15 is 0 Å². The summed E-state index contributed by atoms with van der Waals surface area (Å²) in [6, 6.07) is 20.3. The van der Waals surface area contributed by atoms with E-state index in [1.807, 2.05) is 44.2 Å². The standard InChI is InChI=1S/C31H36Cl3N3O4S/c1-22(2)20-35-31(39)29(19-23-8-5-4-6-9-23)36(21-24-11-16-27(33)28(34)18-24)30(38)10-7-17-37(42(3,40)41)26-14-12-25(32)13-15-26/h4-6,8-9,11-16,18,22,29H,7,10,17,19-21H2,1-3H3,(H,35,39). The number of hydrogen-bond donors (Lipinski definition) is 1. The molecule has 0 saturated carbocycles. The van der Waals surface area contributed by atoms with Crippen LogP contribution in [0.25, 0.3) is 0 Å². The summed E-state index contributed by atoms with van der Waals surface area (Å²) in [6.45, 7) is 4.66. The fourth-order valence-electron chi connectivity index (χ4n) is 4.42. The van der Waals surface area contributed by atoms with Crippen LogP contribution in [0.2, 0.25) is 15.1 Å². The summed E-state index contributed by atoms with van der Waals surface area (Å²) in [6.07, 6.45) is 1.68. The van der Waals surface area contributed by atoms with Crippen molar-refractivity contribution in [2.45, 2.75) is 45.7 Å². The maximum atomic E-state index is 13.9. The zero-order valence-corrected chi connectivity index (χ0v) is 27.0. The molecule has 1 atom stereocenters. The Balaban J connectivity index is 1.90. The van der Waals surface area contributed by atoms with Crippen LogP contribution in [0.15, 0.2) is 72.8 Å². The minimum absolute atomic E-state index is 0.0175. The number of carbonyl (C=O) groups is 2. The summed E-state index contributed by atoms with van der Waals surface area (Å²) < 4.78 is 26.4. The van der Waals surface area contributed by atoms with Crippen molar-refractivity contribution in [3.05, 3.63) is 99.0 Å². The number of rotatable bonds is 14. The third-order valence-electron chi connectivity index (χ3n) is 6.56. The molecule has 0 radical (unpaired) electrons. The van der Waals surface area contributed by atoms with Crippen LogP contribution in [0, 0.1) is 5.92 Å². The molecule has 2 amide bonds. The first-order valence-corrected chi connectivity index (χ1v) is 16.6. The van der Waals surface area contributed by atoms with Gasteiger partial charge in [0.1, 0.15) is 6.04 Å². The van der Waals surface area contributed by atoms with Crippen molar-refractivity contribution in [1.29, 1.82) is 0 Å². The van der Waals surface area contributed by atoms with E-state index in [0.717, 1.165) is 11.8 Å².